The Morgan fingerprint density at radius 3 is 2.61 bits per heavy atom. The van der Waals surface area contributed by atoms with E-state index in [0.717, 1.165) is 0 Å². The summed E-state index contributed by atoms with van der Waals surface area (Å²) in [6.45, 7) is 5.10. The van der Waals surface area contributed by atoms with E-state index in [9.17, 15) is 18.4 Å². The lowest BCUT2D eigenvalue weighted by molar-refractivity contribution is 0.0524. The molecule has 0 radical (unpaired) electrons. The number of rotatable bonds is 3. The van der Waals surface area contributed by atoms with Gasteiger partial charge in [0.2, 0.25) is 5.43 Å². The van der Waals surface area contributed by atoms with Crippen molar-refractivity contribution in [3.8, 4) is 6.07 Å². The fraction of sp³-hybridized carbons (Fsp3) is 0.312. The van der Waals surface area contributed by atoms with E-state index in [1.807, 2.05) is 0 Å². The molecule has 5 nitrogen and oxygen atoms in total. The monoisotopic (exact) mass is 320 g/mol. The molecular weight excluding hydrogens is 306 g/mol. The van der Waals surface area contributed by atoms with Gasteiger partial charge < -0.3 is 9.30 Å². The van der Waals surface area contributed by atoms with Gasteiger partial charge in [-0.15, -0.1) is 0 Å². The van der Waals surface area contributed by atoms with Crippen LogP contribution in [-0.4, -0.2) is 17.1 Å². The number of ether oxygens (including phenoxy) is 1. The van der Waals surface area contributed by atoms with Crippen molar-refractivity contribution >= 4 is 16.9 Å². The molecule has 0 saturated carbocycles. The van der Waals surface area contributed by atoms with Crippen LogP contribution in [0.3, 0.4) is 0 Å². The highest BCUT2D eigenvalue weighted by atomic mass is 19.2. The second-order valence-corrected chi connectivity index (χ2v) is 5.15. The van der Waals surface area contributed by atoms with Crippen LogP contribution >= 0.6 is 0 Å². The molecular formula is C16H14F2N2O3. The number of pyridine rings is 1. The number of hydrogen-bond acceptors (Lipinski definition) is 4. The second-order valence-electron chi connectivity index (χ2n) is 5.15. The maximum atomic E-state index is 13.9. The molecule has 0 fully saturated rings. The number of fused-ring (bicyclic) bond motifs is 1. The molecule has 1 heterocycles. The van der Waals surface area contributed by atoms with Gasteiger partial charge in [0.15, 0.2) is 11.6 Å². The molecule has 120 valence electrons. The van der Waals surface area contributed by atoms with E-state index in [4.69, 9.17) is 10.00 Å². The van der Waals surface area contributed by atoms with Crippen molar-refractivity contribution in [2.45, 2.75) is 26.8 Å². The Balaban J connectivity index is 3.02. The topological polar surface area (TPSA) is 72.1 Å². The molecule has 0 bridgehead atoms. The molecule has 0 unspecified atom stereocenters. The summed E-state index contributed by atoms with van der Waals surface area (Å²) >= 11 is 0. The number of hydrogen-bond donors (Lipinski definition) is 0. The molecule has 2 rings (SSSR count). The molecule has 0 spiro atoms. The summed E-state index contributed by atoms with van der Waals surface area (Å²) in [6.07, 6.45) is 1.21. The van der Waals surface area contributed by atoms with Gasteiger partial charge in [-0.2, -0.15) is 5.26 Å². The van der Waals surface area contributed by atoms with E-state index in [0.29, 0.717) is 6.07 Å². The van der Waals surface area contributed by atoms with Crippen molar-refractivity contribution < 1.29 is 18.3 Å². The van der Waals surface area contributed by atoms with Crippen LogP contribution in [0.25, 0.3) is 10.9 Å². The maximum absolute atomic E-state index is 13.9. The van der Waals surface area contributed by atoms with Gasteiger partial charge in [-0.3, -0.25) is 4.79 Å². The summed E-state index contributed by atoms with van der Waals surface area (Å²) in [4.78, 5) is 24.4. The Bertz CT molecular complexity index is 895. The van der Waals surface area contributed by atoms with Crippen LogP contribution in [0.4, 0.5) is 8.78 Å². The predicted octanol–water partition coefficient (Wildman–Crippen LogP) is 2.91. The number of nitrogens with zero attached hydrogens (tertiary/aromatic N) is 2. The number of esters is 1. The second kappa shape index (κ2) is 6.16. The SMILES string of the molecule is CCOC(=O)c1cn(C(C)C)c2c(C#N)c(F)c(F)cc2c1=O. The third-order valence-corrected chi connectivity index (χ3v) is 3.37. The minimum Gasteiger partial charge on any atom is -0.462 e. The minimum absolute atomic E-state index is 0.0422. The first-order valence-corrected chi connectivity index (χ1v) is 6.97. The van der Waals surface area contributed by atoms with E-state index in [-0.39, 0.29) is 29.1 Å². The van der Waals surface area contributed by atoms with Gasteiger partial charge in [0.25, 0.3) is 0 Å². The average Bonchev–Trinajstić information content (AvgIpc) is 2.49. The normalized spacial score (nSPS) is 10.8. The summed E-state index contributed by atoms with van der Waals surface area (Å²) in [7, 11) is 0. The molecule has 0 aliphatic carbocycles. The molecule has 0 N–H and O–H groups in total. The van der Waals surface area contributed by atoms with Gasteiger partial charge in [-0.05, 0) is 26.8 Å². The molecule has 0 amide bonds. The first kappa shape index (κ1) is 16.6. The van der Waals surface area contributed by atoms with Gasteiger partial charge in [0.05, 0.1) is 17.5 Å². The van der Waals surface area contributed by atoms with E-state index in [2.05, 4.69) is 0 Å². The van der Waals surface area contributed by atoms with Crippen molar-refractivity contribution in [2.24, 2.45) is 0 Å². The molecule has 0 aliphatic rings. The van der Waals surface area contributed by atoms with Crippen LogP contribution < -0.4 is 5.43 Å². The minimum atomic E-state index is -1.32. The zero-order valence-electron chi connectivity index (χ0n) is 12.8. The number of carbonyl (C=O) groups is 1. The Kier molecular flexibility index (Phi) is 4.45. The third-order valence-electron chi connectivity index (χ3n) is 3.37. The van der Waals surface area contributed by atoms with Crippen molar-refractivity contribution in [2.75, 3.05) is 6.61 Å². The first-order valence-electron chi connectivity index (χ1n) is 6.97. The van der Waals surface area contributed by atoms with Crippen LogP contribution in [-0.2, 0) is 4.74 Å². The first-order chi connectivity index (χ1) is 10.8. The molecule has 7 heteroatoms. The van der Waals surface area contributed by atoms with E-state index in [1.54, 1.807) is 26.8 Å². The number of aromatic nitrogens is 1. The van der Waals surface area contributed by atoms with E-state index >= 15 is 0 Å². The molecule has 0 atom stereocenters. The predicted molar refractivity (Wildman–Crippen MR) is 79.2 cm³/mol. The zero-order valence-corrected chi connectivity index (χ0v) is 12.8. The van der Waals surface area contributed by atoms with Crippen molar-refractivity contribution in [3.05, 3.63) is 45.2 Å². The fourth-order valence-corrected chi connectivity index (χ4v) is 2.33. The highest BCUT2D eigenvalue weighted by Gasteiger charge is 2.23. The molecule has 0 saturated heterocycles. The molecule has 1 aromatic heterocycles. The summed E-state index contributed by atoms with van der Waals surface area (Å²) in [5, 5.41) is 8.90. The smallest absolute Gasteiger partial charge is 0.343 e. The molecule has 0 aliphatic heterocycles. The molecule has 1 aromatic carbocycles. The van der Waals surface area contributed by atoms with Gasteiger partial charge in [-0.1, -0.05) is 0 Å². The van der Waals surface area contributed by atoms with E-state index < -0.39 is 28.6 Å². The van der Waals surface area contributed by atoms with Crippen LogP contribution in [0.15, 0.2) is 17.1 Å². The van der Waals surface area contributed by atoms with Crippen LogP contribution in [0.1, 0.15) is 42.7 Å². The zero-order chi connectivity index (χ0) is 17.3. The van der Waals surface area contributed by atoms with Crippen molar-refractivity contribution in [3.63, 3.8) is 0 Å². The standard InChI is InChI=1S/C16H14F2N2O3/c1-4-23-16(22)11-7-20(8(2)3)14-9(15(11)21)5-12(17)13(18)10(14)6-19/h5,7-8H,4H2,1-3H3. The Hall–Kier alpha value is -2.75. The average molecular weight is 320 g/mol. The van der Waals surface area contributed by atoms with Crippen LogP contribution in [0, 0.1) is 23.0 Å². The lowest BCUT2D eigenvalue weighted by Gasteiger charge is -2.17. The Morgan fingerprint density at radius 1 is 1.43 bits per heavy atom. The highest BCUT2D eigenvalue weighted by Crippen LogP contribution is 2.25. The molecule has 2 aromatic rings. The number of nitriles is 1. The summed E-state index contributed by atoms with van der Waals surface area (Å²) in [6, 6.07) is 1.99. The largest absolute Gasteiger partial charge is 0.462 e. The van der Waals surface area contributed by atoms with Crippen molar-refractivity contribution in [1.29, 1.82) is 5.26 Å². The number of halogens is 2. The quantitative estimate of drug-likeness (QED) is 0.815. The third kappa shape index (κ3) is 2.68. The van der Waals surface area contributed by atoms with Crippen LogP contribution in [0.2, 0.25) is 0 Å². The van der Waals surface area contributed by atoms with Crippen molar-refractivity contribution in [1.82, 2.24) is 4.57 Å². The lowest BCUT2D eigenvalue weighted by Crippen LogP contribution is -2.22. The van der Waals surface area contributed by atoms with Crippen LogP contribution in [0.5, 0.6) is 0 Å². The van der Waals surface area contributed by atoms with E-state index in [1.165, 1.54) is 10.8 Å². The molecule has 23 heavy (non-hydrogen) atoms. The number of carbonyl (C=O) groups excluding carboxylic acids is 1. The fourth-order valence-electron chi connectivity index (χ4n) is 2.33. The van der Waals surface area contributed by atoms with Gasteiger partial charge in [-0.25, -0.2) is 13.6 Å². The Morgan fingerprint density at radius 2 is 2.09 bits per heavy atom. The highest BCUT2D eigenvalue weighted by molar-refractivity contribution is 5.95. The summed E-state index contributed by atoms with van der Waals surface area (Å²) in [5.74, 6) is -3.49. The van der Waals surface area contributed by atoms with Gasteiger partial charge >= 0.3 is 5.97 Å². The summed E-state index contributed by atoms with van der Waals surface area (Å²) < 4.78 is 33.8. The van der Waals surface area contributed by atoms with Gasteiger partial charge in [0.1, 0.15) is 17.2 Å². The number of benzene rings is 1. The lowest BCUT2D eigenvalue weighted by atomic mass is 10.1. The van der Waals surface area contributed by atoms with Gasteiger partial charge in [0, 0.05) is 12.2 Å². The maximum Gasteiger partial charge on any atom is 0.343 e. The Labute approximate surface area is 130 Å². The summed E-state index contributed by atoms with van der Waals surface area (Å²) in [5.41, 5.74) is -1.70.